The maximum atomic E-state index is 13.1. The predicted molar refractivity (Wildman–Crippen MR) is 210 cm³/mol. The second-order valence-electron chi connectivity index (χ2n) is 16.1. The van der Waals surface area contributed by atoms with Crippen molar-refractivity contribution < 1.29 is 62.0 Å². The number of aliphatic hydroxyl groups is 1. The van der Waals surface area contributed by atoms with Crippen molar-refractivity contribution in [1.29, 1.82) is 0 Å². The van der Waals surface area contributed by atoms with Gasteiger partial charge in [0.05, 0.1) is 12.7 Å². The van der Waals surface area contributed by atoms with Gasteiger partial charge in [-0.25, -0.2) is 14.4 Å². The number of rotatable bonds is 21. The molecule has 0 saturated carbocycles. The second-order valence-corrected chi connectivity index (χ2v) is 17.9. The van der Waals surface area contributed by atoms with Gasteiger partial charge in [-0.2, -0.15) is 0 Å². The molecule has 20 nitrogen and oxygen atoms in total. The van der Waals surface area contributed by atoms with Gasteiger partial charge < -0.3 is 44.1 Å². The van der Waals surface area contributed by atoms with E-state index in [1.807, 2.05) is 20.8 Å². The van der Waals surface area contributed by atoms with Crippen LogP contribution in [0.25, 0.3) is 0 Å². The largest absolute Gasteiger partial charge is 0.447 e. The van der Waals surface area contributed by atoms with Gasteiger partial charge in [-0.15, -0.1) is 5.10 Å². The Morgan fingerprint density at radius 1 is 0.948 bits per heavy atom. The lowest BCUT2D eigenvalue weighted by atomic mass is 10.1. The number of amides is 4. The average molecular weight is 846 g/mol. The van der Waals surface area contributed by atoms with E-state index < -0.39 is 68.0 Å². The lowest BCUT2D eigenvalue weighted by Gasteiger charge is -2.29. The van der Waals surface area contributed by atoms with Crippen LogP contribution in [0, 0.1) is 0 Å². The molecule has 1 fully saturated rings. The minimum absolute atomic E-state index is 0.0765. The van der Waals surface area contributed by atoms with Crippen LogP contribution in [-0.4, -0.2) is 145 Å². The van der Waals surface area contributed by atoms with E-state index in [2.05, 4.69) is 22.6 Å². The topological polar surface area (TPSA) is 241 Å². The van der Waals surface area contributed by atoms with Crippen molar-refractivity contribution in [3.05, 3.63) is 24.2 Å². The monoisotopic (exact) mass is 845 g/mol. The summed E-state index contributed by atoms with van der Waals surface area (Å²) in [6.07, 6.45) is -0.0742. The highest BCUT2D eigenvalue weighted by Gasteiger charge is 2.50. The van der Waals surface area contributed by atoms with E-state index in [0.717, 1.165) is 36.7 Å². The van der Waals surface area contributed by atoms with Crippen molar-refractivity contribution >= 4 is 37.6 Å². The summed E-state index contributed by atoms with van der Waals surface area (Å²) in [5.41, 5.74) is -0.892. The van der Waals surface area contributed by atoms with Gasteiger partial charge in [0, 0.05) is 52.5 Å². The Balaban J connectivity index is 1.94. The molecule has 0 aromatic carbocycles. The summed E-state index contributed by atoms with van der Waals surface area (Å²) in [6, 6.07) is 0. The van der Waals surface area contributed by atoms with Crippen molar-refractivity contribution in [1.82, 2.24) is 35.0 Å². The third kappa shape index (κ3) is 19.1. The molecule has 2 unspecified atom stereocenters. The Labute approximate surface area is 341 Å². The standard InChI is InChI=1S/C37H64N7O13P/c1-11-12-17-41(34(49)55-36(4,5)6)18-13-14-19-42(35(50)56-37(7,8)9)20-15-21-43-24-28(39-40-43)23-38-33(48)53-25-29-31(57-58(10,51)52)30(47)32(54-29)44(27(3)46)22-16-26(2)45/h16,22,24,29-32,47H,11-15,17-21,23,25H2,1-10H3,(H,38,48)(H,51,52)/b22-16-/t29-,30+,31?,32-/m1/s1. The van der Waals surface area contributed by atoms with E-state index in [4.69, 9.17) is 23.5 Å². The predicted octanol–water partition coefficient (Wildman–Crippen LogP) is 4.19. The first-order chi connectivity index (χ1) is 26.9. The van der Waals surface area contributed by atoms with Gasteiger partial charge in [-0.3, -0.25) is 28.3 Å². The number of nitrogens with zero attached hydrogens (tertiary/aromatic N) is 6. The number of aryl methyl sites for hydroxylation is 1. The first kappa shape index (κ1) is 50.0. The van der Waals surface area contributed by atoms with E-state index in [0.29, 0.717) is 57.7 Å². The summed E-state index contributed by atoms with van der Waals surface area (Å²) in [4.78, 5) is 76.3. The number of ketones is 1. The van der Waals surface area contributed by atoms with Gasteiger partial charge in [0.25, 0.3) is 0 Å². The number of nitrogens with one attached hydrogen (secondary N) is 1. The number of hydrogen-bond donors (Lipinski definition) is 3. The highest BCUT2D eigenvalue weighted by Crippen LogP contribution is 2.43. The summed E-state index contributed by atoms with van der Waals surface area (Å²) in [5.74, 6) is -0.984. The molecule has 5 atom stereocenters. The van der Waals surface area contributed by atoms with Crippen LogP contribution in [0.4, 0.5) is 14.4 Å². The average Bonchev–Trinajstić information content (AvgIpc) is 3.66. The molecule has 2 heterocycles. The SMILES string of the molecule is CCCCN(CCCCN(CCCn1cc(CNC(=O)OC[C@H]2O[C@@H](N(/C=C\C(C)=O)C(C)=O)[C@@H](O)C2OP(C)(=O)O)nn1)C(=O)OC(C)(C)C)C(=O)OC(C)(C)C. The molecule has 1 aromatic heterocycles. The van der Waals surface area contributed by atoms with Crippen LogP contribution >= 0.6 is 7.60 Å². The molecular weight excluding hydrogens is 781 g/mol. The summed E-state index contributed by atoms with van der Waals surface area (Å²) < 4.78 is 41.0. The summed E-state index contributed by atoms with van der Waals surface area (Å²) >= 11 is 0. The zero-order chi connectivity index (χ0) is 43.8. The van der Waals surface area contributed by atoms with Crippen LogP contribution in [-0.2, 0) is 50.7 Å². The molecular formula is C37H64N7O13P. The highest BCUT2D eigenvalue weighted by molar-refractivity contribution is 7.51. The van der Waals surface area contributed by atoms with Gasteiger partial charge in [0.15, 0.2) is 12.0 Å². The second kappa shape index (κ2) is 22.9. The number of carbonyl (C=O) groups excluding carboxylic acids is 5. The Kier molecular flexibility index (Phi) is 19.7. The van der Waals surface area contributed by atoms with Gasteiger partial charge in [-0.1, -0.05) is 18.6 Å². The van der Waals surface area contributed by atoms with E-state index in [1.54, 1.807) is 41.4 Å². The van der Waals surface area contributed by atoms with E-state index in [9.17, 15) is 38.5 Å². The Morgan fingerprint density at radius 3 is 2.00 bits per heavy atom. The number of unbranched alkanes of at least 4 members (excludes halogenated alkanes) is 2. The number of alkyl carbamates (subject to hydrolysis) is 1. The molecule has 1 aromatic rings. The smallest absolute Gasteiger partial charge is 0.410 e. The third-order valence-electron chi connectivity index (χ3n) is 8.12. The molecule has 2 rings (SSSR count). The molecule has 330 valence electrons. The van der Waals surface area contributed by atoms with Crippen LogP contribution in [0.5, 0.6) is 0 Å². The van der Waals surface area contributed by atoms with Crippen molar-refractivity contribution in [3.8, 4) is 0 Å². The third-order valence-corrected chi connectivity index (χ3v) is 8.75. The zero-order valence-electron chi connectivity index (χ0n) is 35.5. The zero-order valence-corrected chi connectivity index (χ0v) is 36.4. The maximum Gasteiger partial charge on any atom is 0.410 e. The highest BCUT2D eigenvalue weighted by atomic mass is 31.2. The first-order valence-electron chi connectivity index (χ1n) is 19.4. The van der Waals surface area contributed by atoms with Crippen LogP contribution in [0.1, 0.15) is 100 Å². The molecule has 0 radical (unpaired) electrons. The molecule has 58 heavy (non-hydrogen) atoms. The van der Waals surface area contributed by atoms with Crippen LogP contribution in [0.2, 0.25) is 0 Å². The molecule has 1 saturated heterocycles. The molecule has 21 heteroatoms. The first-order valence-corrected chi connectivity index (χ1v) is 21.5. The normalized spacial score (nSPS) is 19.3. The number of ether oxygens (including phenoxy) is 4. The maximum absolute atomic E-state index is 13.1. The minimum atomic E-state index is -4.18. The summed E-state index contributed by atoms with van der Waals surface area (Å²) in [5, 5.41) is 21.6. The van der Waals surface area contributed by atoms with E-state index in [-0.39, 0.29) is 18.4 Å². The number of hydrogen-bond acceptors (Lipinski definition) is 14. The van der Waals surface area contributed by atoms with Gasteiger partial charge in [0.2, 0.25) is 5.91 Å². The molecule has 1 aliphatic heterocycles. The summed E-state index contributed by atoms with van der Waals surface area (Å²) in [6.45, 7) is 17.9. The van der Waals surface area contributed by atoms with Crippen molar-refractivity contribution in [2.75, 3.05) is 39.5 Å². The van der Waals surface area contributed by atoms with Crippen molar-refractivity contribution in [2.24, 2.45) is 0 Å². The number of allylic oxidation sites excluding steroid dienone is 1. The van der Waals surface area contributed by atoms with Crippen molar-refractivity contribution in [3.63, 3.8) is 0 Å². The molecule has 3 N–H and O–H groups in total. The lowest BCUT2D eigenvalue weighted by molar-refractivity contribution is -0.143. The molecule has 0 spiro atoms. The van der Waals surface area contributed by atoms with Crippen molar-refractivity contribution in [2.45, 2.75) is 143 Å². The fourth-order valence-corrected chi connectivity index (χ4v) is 6.23. The number of aliphatic hydroxyl groups excluding tert-OH is 1. The van der Waals surface area contributed by atoms with E-state index in [1.165, 1.54) is 13.8 Å². The Hall–Kier alpha value is -4.10. The molecule has 4 amide bonds. The van der Waals surface area contributed by atoms with Gasteiger partial charge >= 0.3 is 25.9 Å². The van der Waals surface area contributed by atoms with Crippen LogP contribution in [0.15, 0.2) is 18.5 Å². The molecule has 0 aliphatic carbocycles. The quantitative estimate of drug-likeness (QED) is 0.0680. The Bertz CT molecular complexity index is 1590. The minimum Gasteiger partial charge on any atom is -0.447 e. The van der Waals surface area contributed by atoms with E-state index >= 15 is 0 Å². The summed E-state index contributed by atoms with van der Waals surface area (Å²) in [7, 11) is -4.18. The van der Waals surface area contributed by atoms with Gasteiger partial charge in [0.1, 0.15) is 41.8 Å². The number of aromatic nitrogens is 3. The lowest BCUT2D eigenvalue weighted by Crippen LogP contribution is -2.44. The van der Waals surface area contributed by atoms with Gasteiger partial charge in [-0.05, 0) is 80.2 Å². The Morgan fingerprint density at radius 2 is 1.50 bits per heavy atom. The van der Waals surface area contributed by atoms with Crippen LogP contribution < -0.4 is 5.32 Å². The fraction of sp³-hybridized carbons (Fsp3) is 0.757. The number of carbonyl (C=O) groups is 5. The molecule has 1 aliphatic rings. The molecule has 0 bridgehead atoms. The fourth-order valence-electron chi connectivity index (χ4n) is 5.51. The van der Waals surface area contributed by atoms with Crippen LogP contribution in [0.3, 0.4) is 0 Å².